The molecule has 4 heteroatoms. The molecule has 1 saturated heterocycles. The van der Waals surface area contributed by atoms with Crippen molar-refractivity contribution in [3.05, 3.63) is 0 Å². The van der Waals surface area contributed by atoms with Crippen LogP contribution in [0, 0.1) is 0 Å². The first kappa shape index (κ1) is 12.5. The summed E-state index contributed by atoms with van der Waals surface area (Å²) in [5, 5.41) is 0. The van der Waals surface area contributed by atoms with Gasteiger partial charge in [-0.2, -0.15) is 0 Å². The second-order valence-corrected chi connectivity index (χ2v) is 4.77. The molecular formula is C11H23N3O. The Labute approximate surface area is 92.4 Å². The Kier molecular flexibility index (Phi) is 4.11. The predicted molar refractivity (Wildman–Crippen MR) is 61.5 cm³/mol. The summed E-state index contributed by atoms with van der Waals surface area (Å²) < 4.78 is 0. The molecule has 15 heavy (non-hydrogen) atoms. The monoisotopic (exact) mass is 213 g/mol. The molecule has 1 aliphatic heterocycles. The zero-order valence-corrected chi connectivity index (χ0v) is 10.2. The van der Waals surface area contributed by atoms with Gasteiger partial charge in [0, 0.05) is 25.2 Å². The Bertz CT molecular complexity index is 228. The van der Waals surface area contributed by atoms with Gasteiger partial charge >= 0.3 is 0 Å². The molecule has 0 bridgehead atoms. The molecular weight excluding hydrogens is 190 g/mol. The predicted octanol–water partition coefficient (Wildman–Crippen LogP) is 0.275. The number of carbonyl (C=O) groups excluding carboxylic acids is 1. The van der Waals surface area contributed by atoms with E-state index in [1.165, 1.54) is 0 Å². The Morgan fingerprint density at radius 1 is 1.47 bits per heavy atom. The van der Waals surface area contributed by atoms with E-state index in [0.29, 0.717) is 12.1 Å². The molecule has 0 unspecified atom stereocenters. The summed E-state index contributed by atoms with van der Waals surface area (Å²) in [6.45, 7) is 7.78. The van der Waals surface area contributed by atoms with Gasteiger partial charge in [-0.15, -0.1) is 0 Å². The number of nitrogens with two attached hydrogens (primary N) is 1. The Balaban J connectivity index is 2.49. The normalized spacial score (nSPS) is 23.9. The fourth-order valence-corrected chi connectivity index (χ4v) is 1.98. The fraction of sp³-hybridized carbons (Fsp3) is 0.909. The third kappa shape index (κ3) is 2.92. The van der Waals surface area contributed by atoms with Crippen LogP contribution in [-0.4, -0.2) is 54.0 Å². The number of carbonyl (C=O) groups is 1. The number of hydrogen-bond donors (Lipinski definition) is 1. The Morgan fingerprint density at radius 2 is 2.07 bits per heavy atom. The molecule has 1 heterocycles. The van der Waals surface area contributed by atoms with E-state index in [2.05, 4.69) is 25.8 Å². The van der Waals surface area contributed by atoms with E-state index in [9.17, 15) is 4.79 Å². The van der Waals surface area contributed by atoms with Crippen molar-refractivity contribution >= 4 is 5.91 Å². The molecule has 88 valence electrons. The maximum Gasteiger partial charge on any atom is 0.239 e. The first-order chi connectivity index (χ1) is 6.93. The minimum Gasteiger partial charge on any atom is -0.340 e. The van der Waals surface area contributed by atoms with Gasteiger partial charge in [0.25, 0.3) is 0 Å². The number of likely N-dealkylation sites (tertiary alicyclic amines) is 1. The number of hydrogen-bond acceptors (Lipinski definition) is 3. The van der Waals surface area contributed by atoms with Gasteiger partial charge in [-0.1, -0.05) is 0 Å². The summed E-state index contributed by atoms with van der Waals surface area (Å²) in [5.41, 5.74) is 5.59. The lowest BCUT2D eigenvalue weighted by molar-refractivity contribution is -0.131. The Hall–Kier alpha value is -0.610. The number of likely N-dealkylation sites (N-methyl/N-ethyl adjacent to an activating group) is 1. The van der Waals surface area contributed by atoms with Gasteiger partial charge in [-0.05, 0) is 34.2 Å². The van der Waals surface area contributed by atoms with Crippen LogP contribution in [0.2, 0.25) is 0 Å². The van der Waals surface area contributed by atoms with E-state index in [1.807, 2.05) is 4.90 Å². The third-order valence-corrected chi connectivity index (χ3v) is 3.26. The van der Waals surface area contributed by atoms with E-state index in [-0.39, 0.29) is 11.9 Å². The van der Waals surface area contributed by atoms with Crippen LogP contribution in [0.25, 0.3) is 0 Å². The van der Waals surface area contributed by atoms with Gasteiger partial charge in [-0.25, -0.2) is 0 Å². The second kappa shape index (κ2) is 4.94. The topological polar surface area (TPSA) is 49.6 Å². The second-order valence-electron chi connectivity index (χ2n) is 4.77. The summed E-state index contributed by atoms with van der Waals surface area (Å²) in [5.74, 6) is 0.0784. The summed E-state index contributed by atoms with van der Waals surface area (Å²) in [4.78, 5) is 15.9. The van der Waals surface area contributed by atoms with Crippen LogP contribution < -0.4 is 5.73 Å². The molecule has 1 aliphatic rings. The van der Waals surface area contributed by atoms with Gasteiger partial charge in [0.1, 0.15) is 0 Å². The maximum absolute atomic E-state index is 11.7. The van der Waals surface area contributed by atoms with Crippen molar-refractivity contribution in [3.8, 4) is 0 Å². The molecule has 0 spiro atoms. The zero-order chi connectivity index (χ0) is 11.6. The molecule has 1 fully saturated rings. The van der Waals surface area contributed by atoms with Crippen LogP contribution in [0.5, 0.6) is 0 Å². The first-order valence-electron chi connectivity index (χ1n) is 5.69. The van der Waals surface area contributed by atoms with Gasteiger partial charge in [-0.3, -0.25) is 9.69 Å². The van der Waals surface area contributed by atoms with Crippen LogP contribution in [-0.2, 0) is 4.79 Å². The smallest absolute Gasteiger partial charge is 0.239 e. The molecule has 4 nitrogen and oxygen atoms in total. The molecule has 1 amide bonds. The fourth-order valence-electron chi connectivity index (χ4n) is 1.98. The minimum absolute atomic E-state index is 0.0784. The van der Waals surface area contributed by atoms with Crippen molar-refractivity contribution in [2.45, 2.75) is 45.3 Å². The van der Waals surface area contributed by atoms with Gasteiger partial charge in [0.2, 0.25) is 5.91 Å². The van der Waals surface area contributed by atoms with Crippen molar-refractivity contribution < 1.29 is 4.79 Å². The molecule has 2 N–H and O–H groups in total. The maximum atomic E-state index is 11.7. The summed E-state index contributed by atoms with van der Waals surface area (Å²) >= 11 is 0. The zero-order valence-electron chi connectivity index (χ0n) is 10.2. The highest BCUT2D eigenvalue weighted by Gasteiger charge is 2.30. The van der Waals surface area contributed by atoms with E-state index in [4.69, 9.17) is 5.73 Å². The SMILES string of the molecule is CC(C)N(C)[C@@H]1CCN(C(=O)[C@H](C)N)C1. The quantitative estimate of drug-likeness (QED) is 0.732. The Morgan fingerprint density at radius 3 is 2.53 bits per heavy atom. The molecule has 0 saturated carbocycles. The van der Waals surface area contributed by atoms with Crippen molar-refractivity contribution in [2.75, 3.05) is 20.1 Å². The third-order valence-electron chi connectivity index (χ3n) is 3.26. The summed E-state index contributed by atoms with van der Waals surface area (Å²) in [6.07, 6.45) is 1.06. The van der Waals surface area contributed by atoms with Crippen LogP contribution in [0.1, 0.15) is 27.2 Å². The van der Waals surface area contributed by atoms with Crippen LogP contribution >= 0.6 is 0 Å². The largest absolute Gasteiger partial charge is 0.340 e. The van der Waals surface area contributed by atoms with Crippen molar-refractivity contribution in [1.29, 1.82) is 0 Å². The minimum atomic E-state index is -0.367. The van der Waals surface area contributed by atoms with Crippen LogP contribution in [0.3, 0.4) is 0 Å². The average molecular weight is 213 g/mol. The molecule has 0 aromatic rings. The molecule has 0 aliphatic carbocycles. The molecule has 2 atom stereocenters. The van der Waals surface area contributed by atoms with E-state index in [1.54, 1.807) is 6.92 Å². The number of amides is 1. The molecule has 0 radical (unpaired) electrons. The van der Waals surface area contributed by atoms with Crippen molar-refractivity contribution in [3.63, 3.8) is 0 Å². The van der Waals surface area contributed by atoms with Gasteiger partial charge in [0.15, 0.2) is 0 Å². The van der Waals surface area contributed by atoms with Crippen LogP contribution in [0.4, 0.5) is 0 Å². The lowest BCUT2D eigenvalue weighted by atomic mass is 10.2. The van der Waals surface area contributed by atoms with E-state index < -0.39 is 0 Å². The molecule has 0 aromatic carbocycles. The van der Waals surface area contributed by atoms with E-state index in [0.717, 1.165) is 19.5 Å². The standard InChI is InChI=1S/C11H23N3O/c1-8(2)13(4)10-5-6-14(7-10)11(15)9(3)12/h8-10H,5-7,12H2,1-4H3/t9-,10+/m0/s1. The highest BCUT2D eigenvalue weighted by Crippen LogP contribution is 2.16. The molecule has 1 rings (SSSR count). The van der Waals surface area contributed by atoms with Crippen molar-refractivity contribution in [2.24, 2.45) is 5.73 Å². The lowest BCUT2D eigenvalue weighted by Crippen LogP contribution is -2.44. The van der Waals surface area contributed by atoms with Gasteiger partial charge in [0.05, 0.1) is 6.04 Å². The van der Waals surface area contributed by atoms with Gasteiger partial charge < -0.3 is 10.6 Å². The molecule has 0 aromatic heterocycles. The first-order valence-corrected chi connectivity index (χ1v) is 5.69. The lowest BCUT2D eigenvalue weighted by Gasteiger charge is -2.28. The highest BCUT2D eigenvalue weighted by molar-refractivity contribution is 5.81. The number of rotatable bonds is 3. The summed E-state index contributed by atoms with van der Waals surface area (Å²) in [6, 6.07) is 0.654. The van der Waals surface area contributed by atoms with Crippen LogP contribution in [0.15, 0.2) is 0 Å². The number of nitrogens with zero attached hydrogens (tertiary/aromatic N) is 2. The van der Waals surface area contributed by atoms with E-state index >= 15 is 0 Å². The average Bonchev–Trinajstić information content (AvgIpc) is 2.63. The summed E-state index contributed by atoms with van der Waals surface area (Å²) in [7, 11) is 2.12. The van der Waals surface area contributed by atoms with Crippen molar-refractivity contribution in [1.82, 2.24) is 9.80 Å². The highest BCUT2D eigenvalue weighted by atomic mass is 16.2.